The van der Waals surface area contributed by atoms with Gasteiger partial charge in [0.15, 0.2) is 0 Å². The van der Waals surface area contributed by atoms with Crippen molar-refractivity contribution in [2.75, 3.05) is 0 Å². The van der Waals surface area contributed by atoms with Gasteiger partial charge in [-0.15, -0.1) is 0 Å². The molecule has 1 unspecified atom stereocenters. The molecule has 3 N–H and O–H groups in total. The van der Waals surface area contributed by atoms with E-state index in [1.54, 1.807) is 36.4 Å². The smallest absolute Gasteiger partial charge is 0.418 e. The van der Waals surface area contributed by atoms with Gasteiger partial charge in [-0.05, 0) is 41.0 Å². The van der Waals surface area contributed by atoms with Crippen LogP contribution < -0.4 is 10.9 Å². The number of carbonyl (C=O) groups excluding carboxylic acids is 1. The fraction of sp³-hybridized carbons (Fsp3) is 0.115. The molecule has 0 spiro atoms. The Kier molecular flexibility index (Phi) is 6.96. The predicted molar refractivity (Wildman–Crippen MR) is 126 cm³/mol. The van der Waals surface area contributed by atoms with Gasteiger partial charge in [0, 0.05) is 6.07 Å². The van der Waals surface area contributed by atoms with Crippen LogP contribution in [-0.2, 0) is 11.0 Å². The molecule has 0 bridgehead atoms. The number of hydrogen-bond donors (Lipinski definition) is 3. The van der Waals surface area contributed by atoms with E-state index >= 15 is 0 Å². The van der Waals surface area contributed by atoms with Gasteiger partial charge in [-0.1, -0.05) is 48.5 Å². The van der Waals surface area contributed by atoms with Gasteiger partial charge in [-0.2, -0.15) is 13.2 Å². The van der Waals surface area contributed by atoms with E-state index in [1.165, 1.54) is 24.3 Å². The Balaban J connectivity index is 1.60. The molecule has 0 aliphatic rings. The fourth-order valence-electron chi connectivity index (χ4n) is 3.81. The summed E-state index contributed by atoms with van der Waals surface area (Å²) in [5.41, 5.74) is -0.918. The number of rotatable bonds is 7. The number of para-hydroxylation sites is 1. The Morgan fingerprint density at radius 1 is 0.946 bits per heavy atom. The molecule has 0 fully saturated rings. The van der Waals surface area contributed by atoms with Crippen molar-refractivity contribution < 1.29 is 32.3 Å². The number of amides is 1. The minimum absolute atomic E-state index is 0.347. The summed E-state index contributed by atoms with van der Waals surface area (Å²) < 4.78 is 53.9. The van der Waals surface area contributed by atoms with Crippen LogP contribution in [0.3, 0.4) is 0 Å². The molecule has 0 saturated heterocycles. The molecule has 0 saturated carbocycles. The third kappa shape index (κ3) is 5.77. The van der Waals surface area contributed by atoms with Crippen molar-refractivity contribution in [3.8, 4) is 16.8 Å². The van der Waals surface area contributed by atoms with Crippen molar-refractivity contribution >= 4 is 11.9 Å². The maximum atomic E-state index is 13.4. The lowest BCUT2D eigenvalue weighted by Crippen LogP contribution is -2.30. The molecule has 190 valence electrons. The molecular formula is C26H19F4N3O4. The average molecular weight is 513 g/mol. The van der Waals surface area contributed by atoms with Gasteiger partial charge in [0.1, 0.15) is 11.5 Å². The fourth-order valence-corrected chi connectivity index (χ4v) is 3.81. The van der Waals surface area contributed by atoms with Gasteiger partial charge >= 0.3 is 12.1 Å². The molecule has 11 heteroatoms. The number of aliphatic carboxylic acids is 1. The number of nitrogens with zero attached hydrogens (tertiary/aromatic N) is 1. The van der Waals surface area contributed by atoms with Crippen molar-refractivity contribution in [1.29, 1.82) is 0 Å². The van der Waals surface area contributed by atoms with Gasteiger partial charge in [-0.25, -0.2) is 9.07 Å². The SMILES string of the molecule is O=C(O)CC(NC(=O)c1cc(=O)n(-c2ccccc2C(F)(F)F)[nH]1)c1ccc(-c2ccc(F)cc2)cc1. The molecule has 7 nitrogen and oxygen atoms in total. The maximum Gasteiger partial charge on any atom is 0.418 e. The number of halogens is 4. The standard InChI is InChI=1S/C26H19F4N3O4/c27-18-11-9-16(10-12-18)15-5-7-17(8-6-15)20(14-24(35)36)31-25(37)21-13-23(34)33(32-21)22-4-2-1-3-19(22)26(28,29)30/h1-13,20,32H,14H2,(H,31,37)(H,35,36). The summed E-state index contributed by atoms with van der Waals surface area (Å²) in [6.07, 6.45) is -5.24. The summed E-state index contributed by atoms with van der Waals surface area (Å²) in [6, 6.07) is 16.5. The highest BCUT2D eigenvalue weighted by Gasteiger charge is 2.34. The van der Waals surface area contributed by atoms with Gasteiger partial charge in [0.25, 0.3) is 11.5 Å². The van der Waals surface area contributed by atoms with Gasteiger partial charge in [0.2, 0.25) is 0 Å². The number of carboxylic acid groups (broad SMARTS) is 1. The van der Waals surface area contributed by atoms with Crippen molar-refractivity contribution in [2.24, 2.45) is 0 Å². The highest BCUT2D eigenvalue weighted by atomic mass is 19.4. The zero-order valence-corrected chi connectivity index (χ0v) is 18.9. The molecule has 0 aliphatic heterocycles. The number of aromatic amines is 1. The summed E-state index contributed by atoms with van der Waals surface area (Å²) in [5.74, 6) is -2.48. The first-order valence-corrected chi connectivity index (χ1v) is 10.9. The first-order valence-electron chi connectivity index (χ1n) is 10.9. The topological polar surface area (TPSA) is 104 Å². The quantitative estimate of drug-likeness (QED) is 0.305. The van der Waals surface area contributed by atoms with E-state index in [0.29, 0.717) is 10.2 Å². The number of carboxylic acids is 1. The predicted octanol–water partition coefficient (Wildman–Crippen LogP) is 4.94. The van der Waals surface area contributed by atoms with Crippen LogP contribution in [0.1, 0.15) is 34.1 Å². The first kappa shape index (κ1) is 25.4. The van der Waals surface area contributed by atoms with Gasteiger partial charge in [0.05, 0.1) is 23.7 Å². The minimum atomic E-state index is -4.74. The number of carbonyl (C=O) groups is 2. The van der Waals surface area contributed by atoms with Crippen LogP contribution >= 0.6 is 0 Å². The second-order valence-electron chi connectivity index (χ2n) is 8.11. The Bertz CT molecular complexity index is 1490. The molecule has 3 aromatic carbocycles. The second kappa shape index (κ2) is 10.1. The van der Waals surface area contributed by atoms with Crippen LogP contribution in [-0.4, -0.2) is 26.8 Å². The lowest BCUT2D eigenvalue weighted by atomic mass is 9.99. The number of alkyl halides is 3. The van der Waals surface area contributed by atoms with Crippen LogP contribution in [0, 0.1) is 5.82 Å². The molecule has 4 rings (SSSR count). The van der Waals surface area contributed by atoms with Crippen LogP contribution in [0.5, 0.6) is 0 Å². The van der Waals surface area contributed by atoms with Gasteiger partial charge in [-0.3, -0.25) is 19.5 Å². The van der Waals surface area contributed by atoms with Crippen LogP contribution in [0.4, 0.5) is 17.6 Å². The van der Waals surface area contributed by atoms with E-state index in [2.05, 4.69) is 10.4 Å². The first-order chi connectivity index (χ1) is 17.5. The maximum absolute atomic E-state index is 13.4. The third-order valence-electron chi connectivity index (χ3n) is 5.59. The number of H-pyrrole nitrogens is 1. The number of benzene rings is 3. The van der Waals surface area contributed by atoms with Crippen LogP contribution in [0.15, 0.2) is 83.7 Å². The van der Waals surface area contributed by atoms with Crippen molar-refractivity contribution in [1.82, 2.24) is 15.1 Å². The van der Waals surface area contributed by atoms with Crippen molar-refractivity contribution in [3.63, 3.8) is 0 Å². The molecule has 4 aromatic rings. The number of hydrogen-bond acceptors (Lipinski definition) is 3. The Morgan fingerprint density at radius 2 is 1.54 bits per heavy atom. The summed E-state index contributed by atoms with van der Waals surface area (Å²) in [5, 5.41) is 14.2. The molecule has 1 aromatic heterocycles. The lowest BCUT2D eigenvalue weighted by Gasteiger charge is -2.18. The lowest BCUT2D eigenvalue weighted by molar-refractivity contribution is -0.138. The summed E-state index contributed by atoms with van der Waals surface area (Å²) >= 11 is 0. The molecule has 0 aliphatic carbocycles. The average Bonchev–Trinajstić information content (AvgIpc) is 3.25. The third-order valence-corrected chi connectivity index (χ3v) is 5.59. The Labute approximate surface area is 207 Å². The van der Waals surface area contributed by atoms with Crippen LogP contribution in [0.25, 0.3) is 16.8 Å². The van der Waals surface area contributed by atoms with E-state index in [0.717, 1.165) is 29.3 Å². The normalized spacial score (nSPS) is 12.2. The van der Waals surface area contributed by atoms with E-state index in [4.69, 9.17) is 0 Å². The van der Waals surface area contributed by atoms with Crippen LogP contribution in [0.2, 0.25) is 0 Å². The zero-order chi connectivity index (χ0) is 26.7. The monoisotopic (exact) mass is 513 g/mol. The zero-order valence-electron chi connectivity index (χ0n) is 18.9. The molecule has 0 radical (unpaired) electrons. The Hall–Kier alpha value is -4.67. The van der Waals surface area contributed by atoms with Crippen molar-refractivity contribution in [3.05, 3.63) is 112 Å². The molecular weight excluding hydrogens is 494 g/mol. The largest absolute Gasteiger partial charge is 0.481 e. The number of aromatic nitrogens is 2. The molecule has 1 amide bonds. The minimum Gasteiger partial charge on any atom is -0.481 e. The van der Waals surface area contributed by atoms with E-state index in [-0.39, 0.29) is 5.69 Å². The summed E-state index contributed by atoms with van der Waals surface area (Å²) in [4.78, 5) is 36.7. The molecule has 1 heterocycles. The summed E-state index contributed by atoms with van der Waals surface area (Å²) in [7, 11) is 0. The summed E-state index contributed by atoms with van der Waals surface area (Å²) in [6.45, 7) is 0. The van der Waals surface area contributed by atoms with Crippen molar-refractivity contribution in [2.45, 2.75) is 18.6 Å². The van der Waals surface area contributed by atoms with E-state index in [1.807, 2.05) is 0 Å². The molecule has 37 heavy (non-hydrogen) atoms. The van der Waals surface area contributed by atoms with E-state index < -0.39 is 53.1 Å². The van der Waals surface area contributed by atoms with E-state index in [9.17, 15) is 37.1 Å². The number of nitrogens with one attached hydrogen (secondary N) is 2. The molecule has 1 atom stereocenters. The highest BCUT2D eigenvalue weighted by Crippen LogP contribution is 2.33. The highest BCUT2D eigenvalue weighted by molar-refractivity contribution is 5.92. The Morgan fingerprint density at radius 3 is 2.14 bits per heavy atom. The second-order valence-corrected chi connectivity index (χ2v) is 8.11. The van der Waals surface area contributed by atoms with Gasteiger partial charge < -0.3 is 10.4 Å².